The van der Waals surface area contributed by atoms with Crippen molar-refractivity contribution >= 4 is 0 Å². The van der Waals surface area contributed by atoms with Crippen LogP contribution in [0.25, 0.3) is 0 Å². The standard InChI is InChI=1S/C11H18O3/c12-8-10-3-1-4-11(9(10)2-5-10)13-6-7-14-11/h9,12H,1-8H2. The minimum Gasteiger partial charge on any atom is -0.396 e. The Labute approximate surface area is 84.4 Å². The summed E-state index contributed by atoms with van der Waals surface area (Å²) in [5.41, 5.74) is 0.141. The minimum atomic E-state index is -0.306. The number of hydrogen-bond acceptors (Lipinski definition) is 3. The zero-order valence-corrected chi connectivity index (χ0v) is 8.50. The summed E-state index contributed by atoms with van der Waals surface area (Å²) in [4.78, 5) is 0. The number of fused-ring (bicyclic) bond motifs is 2. The summed E-state index contributed by atoms with van der Waals surface area (Å²) in [5.74, 6) is 0.149. The Hall–Kier alpha value is -0.120. The zero-order valence-electron chi connectivity index (χ0n) is 8.50. The van der Waals surface area contributed by atoms with Gasteiger partial charge in [-0.1, -0.05) is 0 Å². The number of rotatable bonds is 1. The van der Waals surface area contributed by atoms with Gasteiger partial charge in [-0.05, 0) is 25.7 Å². The van der Waals surface area contributed by atoms with Crippen LogP contribution in [-0.4, -0.2) is 30.7 Å². The maximum Gasteiger partial charge on any atom is 0.171 e. The summed E-state index contributed by atoms with van der Waals surface area (Å²) in [6.07, 6.45) is 5.64. The molecule has 3 fully saturated rings. The zero-order chi connectivity index (χ0) is 9.65. The van der Waals surface area contributed by atoms with Crippen LogP contribution in [-0.2, 0) is 9.47 Å². The molecule has 80 valence electrons. The molecule has 0 amide bonds. The molecule has 3 rings (SSSR count). The fraction of sp³-hybridized carbons (Fsp3) is 1.00. The van der Waals surface area contributed by atoms with Crippen LogP contribution >= 0.6 is 0 Å². The summed E-state index contributed by atoms with van der Waals surface area (Å²) in [6.45, 7) is 1.78. The van der Waals surface area contributed by atoms with E-state index in [9.17, 15) is 5.11 Å². The number of aliphatic hydroxyl groups excluding tert-OH is 1. The molecule has 1 saturated heterocycles. The second kappa shape index (κ2) is 2.94. The molecule has 3 heteroatoms. The van der Waals surface area contributed by atoms with E-state index < -0.39 is 0 Å². The van der Waals surface area contributed by atoms with E-state index in [0.29, 0.717) is 12.5 Å². The topological polar surface area (TPSA) is 38.7 Å². The first-order valence-corrected chi connectivity index (χ1v) is 5.70. The van der Waals surface area contributed by atoms with Crippen LogP contribution in [0.15, 0.2) is 0 Å². The quantitative estimate of drug-likeness (QED) is 0.690. The van der Waals surface area contributed by atoms with E-state index in [1.165, 1.54) is 6.42 Å². The molecule has 1 heterocycles. The molecule has 0 aromatic heterocycles. The molecule has 0 aromatic rings. The highest BCUT2D eigenvalue weighted by Gasteiger charge is 2.61. The molecule has 3 nitrogen and oxygen atoms in total. The molecule has 0 radical (unpaired) electrons. The Bertz CT molecular complexity index is 231. The lowest BCUT2D eigenvalue weighted by molar-refractivity contribution is -0.281. The molecule has 1 N–H and O–H groups in total. The van der Waals surface area contributed by atoms with E-state index in [-0.39, 0.29) is 11.2 Å². The van der Waals surface area contributed by atoms with Crippen LogP contribution in [0.2, 0.25) is 0 Å². The summed E-state index contributed by atoms with van der Waals surface area (Å²) < 4.78 is 11.6. The maximum atomic E-state index is 9.50. The van der Waals surface area contributed by atoms with Crippen molar-refractivity contribution < 1.29 is 14.6 Å². The van der Waals surface area contributed by atoms with Gasteiger partial charge in [-0.25, -0.2) is 0 Å². The van der Waals surface area contributed by atoms with Gasteiger partial charge in [-0.15, -0.1) is 0 Å². The molecular weight excluding hydrogens is 180 g/mol. The number of aliphatic hydroxyl groups is 1. The fourth-order valence-electron chi connectivity index (χ4n) is 3.63. The lowest BCUT2D eigenvalue weighted by atomic mass is 9.52. The summed E-state index contributed by atoms with van der Waals surface area (Å²) >= 11 is 0. The second-order valence-electron chi connectivity index (χ2n) is 4.97. The SMILES string of the molecule is OCC12CCCC3(OCCO3)C1CC2. The Morgan fingerprint density at radius 2 is 1.93 bits per heavy atom. The van der Waals surface area contributed by atoms with Crippen LogP contribution in [0.4, 0.5) is 0 Å². The Balaban J connectivity index is 1.87. The number of ether oxygens (including phenoxy) is 2. The van der Waals surface area contributed by atoms with E-state index in [0.717, 1.165) is 38.9 Å². The second-order valence-corrected chi connectivity index (χ2v) is 4.97. The monoisotopic (exact) mass is 198 g/mol. The Morgan fingerprint density at radius 1 is 1.14 bits per heavy atom. The van der Waals surface area contributed by atoms with Crippen LogP contribution in [0.1, 0.15) is 32.1 Å². The molecule has 2 saturated carbocycles. The van der Waals surface area contributed by atoms with Gasteiger partial charge >= 0.3 is 0 Å². The molecule has 0 bridgehead atoms. The molecular formula is C11H18O3. The van der Waals surface area contributed by atoms with Crippen molar-refractivity contribution in [3.05, 3.63) is 0 Å². The molecule has 3 aliphatic rings. The van der Waals surface area contributed by atoms with Gasteiger partial charge in [0.05, 0.1) is 13.2 Å². The maximum absolute atomic E-state index is 9.50. The van der Waals surface area contributed by atoms with E-state index in [2.05, 4.69) is 0 Å². The molecule has 1 spiro atoms. The van der Waals surface area contributed by atoms with Gasteiger partial charge in [0.15, 0.2) is 5.79 Å². The van der Waals surface area contributed by atoms with Crippen molar-refractivity contribution in [3.8, 4) is 0 Å². The first-order valence-electron chi connectivity index (χ1n) is 5.70. The first-order chi connectivity index (χ1) is 6.81. The van der Waals surface area contributed by atoms with Crippen LogP contribution in [0, 0.1) is 11.3 Å². The summed E-state index contributed by atoms with van der Waals surface area (Å²) in [6, 6.07) is 0. The van der Waals surface area contributed by atoms with Gasteiger partial charge < -0.3 is 14.6 Å². The highest BCUT2D eigenvalue weighted by molar-refractivity contribution is 5.06. The van der Waals surface area contributed by atoms with E-state index in [4.69, 9.17) is 9.47 Å². The molecule has 1 aliphatic heterocycles. The van der Waals surface area contributed by atoms with E-state index in [1.807, 2.05) is 0 Å². The molecule has 2 aliphatic carbocycles. The lowest BCUT2D eigenvalue weighted by Crippen LogP contribution is -2.59. The highest BCUT2D eigenvalue weighted by atomic mass is 16.7. The van der Waals surface area contributed by atoms with Crippen LogP contribution in [0.5, 0.6) is 0 Å². The van der Waals surface area contributed by atoms with Gasteiger partial charge in [-0.3, -0.25) is 0 Å². The van der Waals surface area contributed by atoms with Crippen LogP contribution < -0.4 is 0 Å². The highest BCUT2D eigenvalue weighted by Crippen LogP contribution is 2.61. The summed E-state index contributed by atoms with van der Waals surface area (Å²) in [7, 11) is 0. The molecule has 14 heavy (non-hydrogen) atoms. The third-order valence-electron chi connectivity index (χ3n) is 4.49. The van der Waals surface area contributed by atoms with E-state index in [1.54, 1.807) is 0 Å². The van der Waals surface area contributed by atoms with Crippen molar-refractivity contribution in [2.45, 2.75) is 37.9 Å². The molecule has 2 atom stereocenters. The fourth-order valence-corrected chi connectivity index (χ4v) is 3.63. The van der Waals surface area contributed by atoms with Gasteiger partial charge in [0.1, 0.15) is 0 Å². The van der Waals surface area contributed by atoms with Gasteiger partial charge in [0.25, 0.3) is 0 Å². The van der Waals surface area contributed by atoms with Gasteiger partial charge in [0, 0.05) is 24.4 Å². The van der Waals surface area contributed by atoms with Crippen molar-refractivity contribution in [2.24, 2.45) is 11.3 Å². The lowest BCUT2D eigenvalue weighted by Gasteiger charge is -2.58. The van der Waals surface area contributed by atoms with Crippen molar-refractivity contribution in [1.29, 1.82) is 0 Å². The molecule has 0 aromatic carbocycles. The van der Waals surface area contributed by atoms with Crippen molar-refractivity contribution in [3.63, 3.8) is 0 Å². The number of hydrogen-bond donors (Lipinski definition) is 1. The Kier molecular flexibility index (Phi) is 1.92. The normalized spacial score (nSPS) is 44.8. The average Bonchev–Trinajstić information content (AvgIpc) is 2.58. The Morgan fingerprint density at radius 3 is 2.50 bits per heavy atom. The predicted molar refractivity (Wildman–Crippen MR) is 50.7 cm³/mol. The smallest absolute Gasteiger partial charge is 0.171 e. The van der Waals surface area contributed by atoms with Crippen LogP contribution in [0.3, 0.4) is 0 Å². The molecule has 2 unspecified atom stereocenters. The van der Waals surface area contributed by atoms with Gasteiger partial charge in [0.2, 0.25) is 0 Å². The predicted octanol–water partition coefficient (Wildman–Crippen LogP) is 1.30. The third kappa shape index (κ3) is 0.980. The minimum absolute atomic E-state index is 0.141. The summed E-state index contributed by atoms with van der Waals surface area (Å²) in [5, 5.41) is 9.50. The first kappa shape index (κ1) is 9.13. The third-order valence-corrected chi connectivity index (χ3v) is 4.49. The van der Waals surface area contributed by atoms with Crippen molar-refractivity contribution in [1.82, 2.24) is 0 Å². The van der Waals surface area contributed by atoms with E-state index >= 15 is 0 Å². The van der Waals surface area contributed by atoms with Crippen molar-refractivity contribution in [2.75, 3.05) is 19.8 Å². The average molecular weight is 198 g/mol. The largest absolute Gasteiger partial charge is 0.396 e. The van der Waals surface area contributed by atoms with Gasteiger partial charge in [-0.2, -0.15) is 0 Å².